The van der Waals surface area contributed by atoms with E-state index in [1.165, 1.54) is 0 Å². The third-order valence-electron chi connectivity index (χ3n) is 1.97. The number of carbonyl (C=O) groups excluding carboxylic acids is 1. The molecule has 0 radical (unpaired) electrons. The Morgan fingerprint density at radius 1 is 1.43 bits per heavy atom. The summed E-state index contributed by atoms with van der Waals surface area (Å²) in [5, 5.41) is 0. The van der Waals surface area contributed by atoms with E-state index in [9.17, 15) is 4.79 Å². The summed E-state index contributed by atoms with van der Waals surface area (Å²) in [6.45, 7) is 4.19. The monoisotopic (exact) mass is 217 g/mol. The normalized spacial score (nSPS) is 10.3. The first-order chi connectivity index (χ1) is 6.47. The molecule has 0 bridgehead atoms. The maximum Gasteiger partial charge on any atom is 0.223 e. The van der Waals surface area contributed by atoms with Gasteiger partial charge in [-0.05, 0) is 6.54 Å². The molecule has 82 valence electrons. The van der Waals surface area contributed by atoms with E-state index in [0.29, 0.717) is 24.5 Å². The fourth-order valence-corrected chi connectivity index (χ4v) is 1.23. The van der Waals surface area contributed by atoms with E-state index in [-0.39, 0.29) is 5.91 Å². The molecule has 0 aromatic heterocycles. The van der Waals surface area contributed by atoms with E-state index in [4.69, 9.17) is 18.0 Å². The second-order valence-corrected chi connectivity index (χ2v) is 3.90. The first-order valence-electron chi connectivity index (χ1n) is 4.68. The van der Waals surface area contributed by atoms with Crippen LogP contribution in [0.15, 0.2) is 0 Å². The topological polar surface area (TPSA) is 49.6 Å². The number of hydrogen-bond acceptors (Lipinski definition) is 3. The molecule has 0 saturated heterocycles. The number of thiocarbonyl (C=S) groups is 1. The molecule has 0 aromatic carbocycles. The summed E-state index contributed by atoms with van der Waals surface area (Å²) >= 11 is 4.81. The van der Waals surface area contributed by atoms with E-state index in [1.54, 1.807) is 19.0 Å². The van der Waals surface area contributed by atoms with Crippen LogP contribution in [-0.2, 0) is 4.79 Å². The van der Waals surface area contributed by atoms with Gasteiger partial charge in [-0.25, -0.2) is 0 Å². The van der Waals surface area contributed by atoms with Crippen LogP contribution in [0.5, 0.6) is 0 Å². The number of carbonyl (C=O) groups is 1. The van der Waals surface area contributed by atoms with E-state index in [1.807, 2.05) is 6.92 Å². The van der Waals surface area contributed by atoms with E-state index in [0.717, 1.165) is 6.54 Å². The highest BCUT2D eigenvalue weighted by Crippen LogP contribution is 1.94. The Morgan fingerprint density at radius 2 is 2.00 bits per heavy atom. The Labute approximate surface area is 91.0 Å². The number of likely N-dealkylation sites (N-methyl/N-ethyl adjacent to an activating group) is 1. The molecule has 0 aromatic rings. The summed E-state index contributed by atoms with van der Waals surface area (Å²) in [6.07, 6.45) is 0.517. The van der Waals surface area contributed by atoms with Gasteiger partial charge >= 0.3 is 0 Å². The van der Waals surface area contributed by atoms with Gasteiger partial charge in [0.25, 0.3) is 0 Å². The Hall–Kier alpha value is -0.680. The largest absolute Gasteiger partial charge is 0.392 e. The molecule has 0 unspecified atom stereocenters. The molecule has 4 nitrogen and oxygen atoms in total. The number of nitrogens with zero attached hydrogens (tertiary/aromatic N) is 2. The maximum absolute atomic E-state index is 11.3. The van der Waals surface area contributed by atoms with Gasteiger partial charge in [0.05, 0.1) is 4.99 Å². The van der Waals surface area contributed by atoms with Crippen LogP contribution >= 0.6 is 12.2 Å². The average molecular weight is 217 g/mol. The van der Waals surface area contributed by atoms with Crippen molar-refractivity contribution < 1.29 is 4.79 Å². The zero-order valence-electron chi connectivity index (χ0n) is 9.12. The summed E-state index contributed by atoms with van der Waals surface area (Å²) in [4.78, 5) is 15.4. The second kappa shape index (κ2) is 6.73. The lowest BCUT2D eigenvalue weighted by Crippen LogP contribution is -2.35. The zero-order chi connectivity index (χ0) is 11.1. The van der Waals surface area contributed by atoms with Crippen molar-refractivity contribution >= 4 is 23.1 Å². The predicted octanol–water partition coefficient (Wildman–Crippen LogP) is 0.0727. The number of hydrogen-bond donors (Lipinski definition) is 1. The van der Waals surface area contributed by atoms with Crippen LogP contribution in [0.2, 0.25) is 0 Å². The standard InChI is InChI=1S/C9H19N3OS/c1-4-12(7-8(10)14)6-5-9(13)11(2)3/h4-7H2,1-3H3,(H2,10,14). The molecule has 2 N–H and O–H groups in total. The van der Waals surface area contributed by atoms with Crippen LogP contribution in [0, 0.1) is 0 Å². The van der Waals surface area contributed by atoms with Crippen LogP contribution < -0.4 is 5.73 Å². The lowest BCUT2D eigenvalue weighted by Gasteiger charge is -2.20. The SMILES string of the molecule is CCN(CCC(=O)N(C)C)CC(N)=S. The Kier molecular flexibility index (Phi) is 6.40. The molecular formula is C9H19N3OS. The highest BCUT2D eigenvalue weighted by atomic mass is 32.1. The van der Waals surface area contributed by atoms with Crippen LogP contribution in [0.25, 0.3) is 0 Å². The van der Waals surface area contributed by atoms with Gasteiger partial charge in [-0.1, -0.05) is 19.1 Å². The van der Waals surface area contributed by atoms with Crippen molar-refractivity contribution in [1.29, 1.82) is 0 Å². The number of amides is 1. The molecule has 5 heteroatoms. The van der Waals surface area contributed by atoms with Gasteiger partial charge in [-0.2, -0.15) is 0 Å². The molecule has 0 aliphatic heterocycles. The number of nitrogens with two attached hydrogens (primary N) is 1. The molecule has 0 spiro atoms. The summed E-state index contributed by atoms with van der Waals surface area (Å²) < 4.78 is 0. The first kappa shape index (κ1) is 13.3. The number of rotatable bonds is 6. The van der Waals surface area contributed by atoms with Crippen LogP contribution in [0.4, 0.5) is 0 Å². The quantitative estimate of drug-likeness (QED) is 0.640. The van der Waals surface area contributed by atoms with Crippen molar-refractivity contribution in [2.75, 3.05) is 33.7 Å². The van der Waals surface area contributed by atoms with E-state index < -0.39 is 0 Å². The molecule has 14 heavy (non-hydrogen) atoms. The minimum absolute atomic E-state index is 0.131. The highest BCUT2D eigenvalue weighted by molar-refractivity contribution is 7.80. The second-order valence-electron chi connectivity index (χ2n) is 3.37. The van der Waals surface area contributed by atoms with Crippen molar-refractivity contribution in [3.8, 4) is 0 Å². The van der Waals surface area contributed by atoms with E-state index in [2.05, 4.69) is 4.90 Å². The minimum Gasteiger partial charge on any atom is -0.392 e. The third-order valence-corrected chi connectivity index (χ3v) is 2.10. The van der Waals surface area contributed by atoms with Gasteiger partial charge in [0.15, 0.2) is 0 Å². The molecule has 0 heterocycles. The Bertz CT molecular complexity index is 206. The Morgan fingerprint density at radius 3 is 2.36 bits per heavy atom. The third kappa shape index (κ3) is 5.88. The van der Waals surface area contributed by atoms with Crippen LogP contribution in [0.1, 0.15) is 13.3 Å². The van der Waals surface area contributed by atoms with Crippen molar-refractivity contribution in [2.24, 2.45) is 5.73 Å². The predicted molar refractivity (Wildman–Crippen MR) is 62.2 cm³/mol. The lowest BCUT2D eigenvalue weighted by molar-refractivity contribution is -0.128. The lowest BCUT2D eigenvalue weighted by atomic mass is 10.3. The van der Waals surface area contributed by atoms with E-state index >= 15 is 0 Å². The molecule has 0 rings (SSSR count). The highest BCUT2D eigenvalue weighted by Gasteiger charge is 2.08. The molecule has 0 atom stereocenters. The van der Waals surface area contributed by atoms with Gasteiger partial charge in [0.1, 0.15) is 0 Å². The summed E-state index contributed by atoms with van der Waals surface area (Å²) in [5.74, 6) is 0.131. The van der Waals surface area contributed by atoms with Gasteiger partial charge in [0.2, 0.25) is 5.91 Å². The molecular weight excluding hydrogens is 198 g/mol. The average Bonchev–Trinajstić information content (AvgIpc) is 2.10. The van der Waals surface area contributed by atoms with Gasteiger partial charge < -0.3 is 10.6 Å². The summed E-state index contributed by atoms with van der Waals surface area (Å²) in [7, 11) is 3.51. The van der Waals surface area contributed by atoms with Crippen molar-refractivity contribution in [3.05, 3.63) is 0 Å². The smallest absolute Gasteiger partial charge is 0.223 e. The maximum atomic E-state index is 11.3. The molecule has 0 aliphatic rings. The molecule has 0 fully saturated rings. The van der Waals surface area contributed by atoms with Crippen LogP contribution in [0.3, 0.4) is 0 Å². The van der Waals surface area contributed by atoms with Crippen molar-refractivity contribution in [3.63, 3.8) is 0 Å². The fraction of sp³-hybridized carbons (Fsp3) is 0.778. The Balaban J connectivity index is 3.83. The molecule has 0 aliphatic carbocycles. The van der Waals surface area contributed by atoms with Gasteiger partial charge in [-0.3, -0.25) is 9.69 Å². The van der Waals surface area contributed by atoms with Crippen molar-refractivity contribution in [2.45, 2.75) is 13.3 Å². The van der Waals surface area contributed by atoms with Gasteiger partial charge in [0, 0.05) is 33.6 Å². The fourth-order valence-electron chi connectivity index (χ4n) is 1.05. The molecule has 1 amide bonds. The van der Waals surface area contributed by atoms with Crippen LogP contribution in [-0.4, -0.2) is 54.4 Å². The molecule has 0 saturated carbocycles. The first-order valence-corrected chi connectivity index (χ1v) is 5.09. The van der Waals surface area contributed by atoms with Crippen molar-refractivity contribution in [1.82, 2.24) is 9.80 Å². The van der Waals surface area contributed by atoms with Gasteiger partial charge in [-0.15, -0.1) is 0 Å². The zero-order valence-corrected chi connectivity index (χ0v) is 9.93. The summed E-state index contributed by atoms with van der Waals surface area (Å²) in [5.41, 5.74) is 5.43. The minimum atomic E-state index is 0.131. The summed E-state index contributed by atoms with van der Waals surface area (Å²) in [6, 6.07) is 0.